The van der Waals surface area contributed by atoms with E-state index in [0.29, 0.717) is 30.7 Å². The molecule has 0 saturated carbocycles. The van der Waals surface area contributed by atoms with Crippen LogP contribution in [-0.4, -0.2) is 30.9 Å². The fourth-order valence-electron chi connectivity index (χ4n) is 2.93. The van der Waals surface area contributed by atoms with E-state index in [2.05, 4.69) is 9.82 Å². The molecule has 0 aliphatic carbocycles. The Labute approximate surface area is 170 Å². The van der Waals surface area contributed by atoms with Crippen molar-refractivity contribution < 1.29 is 31.1 Å². The Morgan fingerprint density at radius 2 is 1.90 bits per heavy atom. The van der Waals surface area contributed by atoms with Gasteiger partial charge in [0.2, 0.25) is 0 Å². The molecule has 0 radical (unpaired) electrons. The Morgan fingerprint density at radius 3 is 2.67 bits per heavy atom. The van der Waals surface area contributed by atoms with Crippen LogP contribution in [0.25, 0.3) is 0 Å². The van der Waals surface area contributed by atoms with Crippen molar-refractivity contribution in [2.75, 3.05) is 11.3 Å². The number of halogens is 3. The first kappa shape index (κ1) is 20.1. The third kappa shape index (κ3) is 4.35. The first-order valence-corrected chi connectivity index (χ1v) is 10.3. The van der Waals surface area contributed by atoms with E-state index >= 15 is 0 Å². The largest absolute Gasteiger partial charge is 0.486 e. The topological polar surface area (TPSA) is 82.5 Å². The lowest BCUT2D eigenvalue weighted by molar-refractivity contribution is -0.137. The SMILES string of the molecule is O=S(=O)(Nc1cnn(CC2COc3ccccc3O2)c1)c1cccc(C(F)(F)F)c1. The molecular formula is C19H16F3N3O4S. The second-order valence-electron chi connectivity index (χ2n) is 6.58. The van der Waals surface area contributed by atoms with E-state index in [1.54, 1.807) is 12.1 Å². The van der Waals surface area contributed by atoms with E-state index in [9.17, 15) is 21.6 Å². The van der Waals surface area contributed by atoms with Crippen LogP contribution in [-0.2, 0) is 22.7 Å². The molecule has 1 atom stereocenters. The van der Waals surface area contributed by atoms with Gasteiger partial charge in [0, 0.05) is 6.20 Å². The molecule has 1 aromatic heterocycles. The predicted octanol–water partition coefficient (Wildman–Crippen LogP) is 3.54. The van der Waals surface area contributed by atoms with Gasteiger partial charge in [0.05, 0.1) is 28.9 Å². The van der Waals surface area contributed by atoms with E-state index in [1.165, 1.54) is 17.1 Å². The summed E-state index contributed by atoms with van der Waals surface area (Å²) in [6.45, 7) is 0.585. The van der Waals surface area contributed by atoms with Gasteiger partial charge in [-0.25, -0.2) is 8.42 Å². The van der Waals surface area contributed by atoms with Crippen LogP contribution in [0.1, 0.15) is 5.56 Å². The molecule has 11 heteroatoms. The molecule has 0 bridgehead atoms. The van der Waals surface area contributed by atoms with Crippen LogP contribution in [0, 0.1) is 0 Å². The maximum Gasteiger partial charge on any atom is 0.416 e. The summed E-state index contributed by atoms with van der Waals surface area (Å²) in [7, 11) is -4.22. The maximum absolute atomic E-state index is 12.9. The fraction of sp³-hybridized carbons (Fsp3) is 0.211. The number of benzene rings is 2. The summed E-state index contributed by atoms with van der Waals surface area (Å²) in [4.78, 5) is -0.495. The Bertz CT molecular complexity index is 1160. The Hall–Kier alpha value is -3.21. The minimum Gasteiger partial charge on any atom is -0.486 e. The molecule has 0 amide bonds. The molecule has 2 aromatic carbocycles. The van der Waals surface area contributed by atoms with Crippen molar-refractivity contribution in [1.82, 2.24) is 9.78 Å². The fourth-order valence-corrected chi connectivity index (χ4v) is 4.00. The second-order valence-corrected chi connectivity index (χ2v) is 8.26. The van der Waals surface area contributed by atoms with Crippen LogP contribution in [0.4, 0.5) is 18.9 Å². The third-order valence-corrected chi connectivity index (χ3v) is 5.69. The van der Waals surface area contributed by atoms with E-state index < -0.39 is 26.7 Å². The molecule has 4 rings (SSSR count). The summed E-state index contributed by atoms with van der Waals surface area (Å²) in [6.07, 6.45) is -2.29. The van der Waals surface area contributed by atoms with Crippen molar-refractivity contribution in [2.24, 2.45) is 0 Å². The molecule has 158 valence electrons. The molecule has 3 aromatic rings. The summed E-state index contributed by atoms with van der Waals surface area (Å²) in [5.41, 5.74) is -0.930. The molecule has 1 N–H and O–H groups in total. The minimum absolute atomic E-state index is 0.115. The highest BCUT2D eigenvalue weighted by Crippen LogP contribution is 2.32. The van der Waals surface area contributed by atoms with Gasteiger partial charge < -0.3 is 9.47 Å². The van der Waals surface area contributed by atoms with E-state index in [4.69, 9.17) is 9.47 Å². The van der Waals surface area contributed by atoms with Crippen LogP contribution in [0.2, 0.25) is 0 Å². The number of anilines is 1. The van der Waals surface area contributed by atoms with Crippen LogP contribution >= 0.6 is 0 Å². The van der Waals surface area contributed by atoms with Crippen LogP contribution in [0.3, 0.4) is 0 Å². The first-order valence-electron chi connectivity index (χ1n) is 8.82. The maximum atomic E-state index is 12.9. The zero-order valence-electron chi connectivity index (χ0n) is 15.3. The molecular weight excluding hydrogens is 423 g/mol. The quantitative estimate of drug-likeness (QED) is 0.658. The minimum atomic E-state index is -4.64. The number of hydrogen-bond donors (Lipinski definition) is 1. The number of ether oxygens (including phenoxy) is 2. The van der Waals surface area contributed by atoms with Gasteiger partial charge in [0.15, 0.2) is 17.6 Å². The van der Waals surface area contributed by atoms with Gasteiger partial charge in [-0.2, -0.15) is 18.3 Å². The zero-order valence-corrected chi connectivity index (χ0v) is 16.2. The number of sulfonamides is 1. The van der Waals surface area contributed by atoms with Gasteiger partial charge in [-0.1, -0.05) is 18.2 Å². The Kier molecular flexibility index (Phi) is 5.06. The van der Waals surface area contributed by atoms with Gasteiger partial charge in [0.25, 0.3) is 10.0 Å². The summed E-state index contributed by atoms with van der Waals surface area (Å²) in [6, 6.07) is 10.7. The molecule has 7 nitrogen and oxygen atoms in total. The Balaban J connectivity index is 1.45. The number of para-hydroxylation sites is 2. The van der Waals surface area contributed by atoms with Crippen LogP contribution in [0.15, 0.2) is 65.8 Å². The normalized spacial score (nSPS) is 16.3. The lowest BCUT2D eigenvalue weighted by atomic mass is 10.2. The van der Waals surface area contributed by atoms with Crippen molar-refractivity contribution in [3.8, 4) is 11.5 Å². The molecule has 1 aliphatic rings. The average molecular weight is 439 g/mol. The number of nitrogens with one attached hydrogen (secondary N) is 1. The van der Waals surface area contributed by atoms with Gasteiger partial charge in [-0.05, 0) is 30.3 Å². The molecule has 1 aliphatic heterocycles. The smallest absolute Gasteiger partial charge is 0.416 e. The number of aromatic nitrogens is 2. The summed E-state index contributed by atoms with van der Waals surface area (Å²) < 4.78 is 78.6. The number of fused-ring (bicyclic) bond motifs is 1. The molecule has 1 unspecified atom stereocenters. The van der Waals surface area contributed by atoms with E-state index in [1.807, 2.05) is 12.1 Å². The molecule has 2 heterocycles. The standard InChI is InChI=1S/C19H16F3N3O4S/c20-19(21,22)13-4-3-5-16(8-13)30(26,27)24-14-9-23-25(10-14)11-15-12-28-17-6-1-2-7-18(17)29-15/h1-10,15,24H,11-12H2. The van der Waals surface area contributed by atoms with Crippen molar-refractivity contribution >= 4 is 15.7 Å². The van der Waals surface area contributed by atoms with Gasteiger partial charge >= 0.3 is 6.18 Å². The van der Waals surface area contributed by atoms with Crippen molar-refractivity contribution in [1.29, 1.82) is 0 Å². The highest BCUT2D eigenvalue weighted by molar-refractivity contribution is 7.92. The van der Waals surface area contributed by atoms with Crippen LogP contribution < -0.4 is 14.2 Å². The Morgan fingerprint density at radius 1 is 1.13 bits per heavy atom. The zero-order chi connectivity index (χ0) is 21.4. The summed E-state index contributed by atoms with van der Waals surface area (Å²) >= 11 is 0. The summed E-state index contributed by atoms with van der Waals surface area (Å²) in [5, 5.41) is 4.08. The number of alkyl halides is 3. The summed E-state index contributed by atoms with van der Waals surface area (Å²) in [5.74, 6) is 1.25. The third-order valence-electron chi connectivity index (χ3n) is 4.32. The predicted molar refractivity (Wildman–Crippen MR) is 101 cm³/mol. The van der Waals surface area contributed by atoms with Gasteiger partial charge in [-0.15, -0.1) is 0 Å². The van der Waals surface area contributed by atoms with Crippen molar-refractivity contribution in [3.63, 3.8) is 0 Å². The molecule has 0 saturated heterocycles. The molecule has 0 spiro atoms. The lowest BCUT2D eigenvalue weighted by Crippen LogP contribution is -2.33. The van der Waals surface area contributed by atoms with Crippen molar-refractivity contribution in [3.05, 3.63) is 66.5 Å². The lowest BCUT2D eigenvalue weighted by Gasteiger charge is -2.26. The first-order chi connectivity index (χ1) is 14.2. The van der Waals surface area contributed by atoms with Crippen LogP contribution in [0.5, 0.6) is 11.5 Å². The monoisotopic (exact) mass is 439 g/mol. The highest BCUT2D eigenvalue weighted by Gasteiger charge is 2.31. The number of hydrogen-bond acceptors (Lipinski definition) is 5. The van der Waals surface area contributed by atoms with Gasteiger partial charge in [0.1, 0.15) is 6.61 Å². The molecule has 0 fully saturated rings. The van der Waals surface area contributed by atoms with E-state index in [-0.39, 0.29) is 11.8 Å². The van der Waals surface area contributed by atoms with Gasteiger partial charge in [-0.3, -0.25) is 9.40 Å². The second kappa shape index (κ2) is 7.56. The number of rotatable bonds is 5. The highest BCUT2D eigenvalue weighted by atomic mass is 32.2. The van der Waals surface area contributed by atoms with Crippen molar-refractivity contribution in [2.45, 2.75) is 23.7 Å². The number of nitrogens with zero attached hydrogens (tertiary/aromatic N) is 2. The van der Waals surface area contributed by atoms with E-state index in [0.717, 1.165) is 18.2 Å². The average Bonchev–Trinajstić information content (AvgIpc) is 3.13. The molecule has 30 heavy (non-hydrogen) atoms.